The number of carbonyl (C=O) groups is 2. The average Bonchev–Trinajstić information content (AvgIpc) is 3.11. The Morgan fingerprint density at radius 3 is 2.31 bits per heavy atom. The Kier molecular flexibility index (Phi) is 8.89. The van der Waals surface area contributed by atoms with E-state index >= 15 is 0 Å². The molecule has 228 valence electrons. The van der Waals surface area contributed by atoms with Crippen LogP contribution < -0.4 is 4.90 Å². The second kappa shape index (κ2) is 13.3. The maximum Gasteiger partial charge on any atom is 0.276 e. The standard InChI is InChI=1S/C36H35FN6O2/c1-25(2)41-18-9-19-43(36(45)32-13-6-8-17-39-32)34-22-27(37)15-14-26(34)24-42(21-20-41)35(44)29-23-33(31-12-5-7-16-38-31)40-30-11-4-3-10-28(29)30/h3-8,10-17,22-23,25H,9,18-21,24H2,1-2H3. The van der Waals surface area contributed by atoms with Crippen molar-refractivity contribution in [1.82, 2.24) is 24.8 Å². The molecule has 2 amide bonds. The highest BCUT2D eigenvalue weighted by molar-refractivity contribution is 6.07. The summed E-state index contributed by atoms with van der Waals surface area (Å²) in [5, 5.41) is 0.739. The van der Waals surface area contributed by atoms with Gasteiger partial charge in [-0.25, -0.2) is 9.37 Å². The molecule has 1 aliphatic rings. The number of pyridine rings is 3. The van der Waals surface area contributed by atoms with Gasteiger partial charge in [-0.1, -0.05) is 36.4 Å². The van der Waals surface area contributed by atoms with Crippen LogP contribution in [0.25, 0.3) is 22.3 Å². The van der Waals surface area contributed by atoms with Gasteiger partial charge < -0.3 is 9.80 Å². The lowest BCUT2D eigenvalue weighted by atomic mass is 10.0. The number of carbonyl (C=O) groups excluding carboxylic acids is 2. The number of fused-ring (bicyclic) bond motifs is 2. The molecule has 0 saturated carbocycles. The molecular weight excluding hydrogens is 567 g/mol. The third kappa shape index (κ3) is 6.58. The van der Waals surface area contributed by atoms with Crippen molar-refractivity contribution in [3.8, 4) is 11.4 Å². The van der Waals surface area contributed by atoms with E-state index in [1.165, 1.54) is 12.1 Å². The van der Waals surface area contributed by atoms with Crippen molar-refractivity contribution < 1.29 is 14.0 Å². The third-order valence-corrected chi connectivity index (χ3v) is 8.20. The van der Waals surface area contributed by atoms with Crippen LogP contribution in [0.3, 0.4) is 0 Å². The van der Waals surface area contributed by atoms with Crippen LogP contribution in [0.5, 0.6) is 0 Å². The first-order valence-electron chi connectivity index (χ1n) is 15.2. The van der Waals surface area contributed by atoms with Gasteiger partial charge in [-0.05, 0) is 74.4 Å². The second-order valence-corrected chi connectivity index (χ2v) is 11.4. The number of halogens is 1. The molecule has 5 aromatic rings. The van der Waals surface area contributed by atoms with Crippen LogP contribution in [-0.2, 0) is 6.54 Å². The molecule has 0 bridgehead atoms. The van der Waals surface area contributed by atoms with Gasteiger partial charge in [0.15, 0.2) is 0 Å². The van der Waals surface area contributed by atoms with E-state index in [-0.39, 0.29) is 30.1 Å². The zero-order valence-electron chi connectivity index (χ0n) is 25.4. The fourth-order valence-corrected chi connectivity index (χ4v) is 5.82. The largest absolute Gasteiger partial charge is 0.333 e. The number of anilines is 1. The van der Waals surface area contributed by atoms with Crippen LogP contribution in [0.15, 0.2) is 97.3 Å². The maximum atomic E-state index is 14.8. The molecule has 0 atom stereocenters. The van der Waals surface area contributed by atoms with Gasteiger partial charge in [0.2, 0.25) is 0 Å². The quantitative estimate of drug-likeness (QED) is 0.243. The predicted molar refractivity (Wildman–Crippen MR) is 173 cm³/mol. The lowest BCUT2D eigenvalue weighted by molar-refractivity contribution is 0.0713. The molecule has 3 aromatic heterocycles. The van der Waals surface area contributed by atoms with Crippen LogP contribution >= 0.6 is 0 Å². The molecule has 0 unspecified atom stereocenters. The summed E-state index contributed by atoms with van der Waals surface area (Å²) in [6, 6.07) is 24.8. The second-order valence-electron chi connectivity index (χ2n) is 11.4. The van der Waals surface area contributed by atoms with E-state index in [4.69, 9.17) is 4.98 Å². The Morgan fingerprint density at radius 2 is 1.56 bits per heavy atom. The molecule has 6 rings (SSSR count). The zero-order chi connectivity index (χ0) is 31.3. The summed E-state index contributed by atoms with van der Waals surface area (Å²) in [4.78, 5) is 47.7. The first-order chi connectivity index (χ1) is 21.9. The number of benzene rings is 2. The van der Waals surface area contributed by atoms with Crippen molar-refractivity contribution >= 4 is 28.4 Å². The number of hydrogen-bond acceptors (Lipinski definition) is 6. The summed E-state index contributed by atoms with van der Waals surface area (Å²) in [5.74, 6) is -0.938. The molecule has 4 heterocycles. The Balaban J connectivity index is 1.45. The molecule has 9 heteroatoms. The Hall–Kier alpha value is -5.02. The highest BCUT2D eigenvalue weighted by atomic mass is 19.1. The van der Waals surface area contributed by atoms with Crippen LogP contribution in [0, 0.1) is 5.82 Å². The summed E-state index contributed by atoms with van der Waals surface area (Å²) >= 11 is 0. The minimum absolute atomic E-state index is 0.174. The third-order valence-electron chi connectivity index (χ3n) is 8.20. The monoisotopic (exact) mass is 602 g/mol. The van der Waals surface area contributed by atoms with Crippen molar-refractivity contribution in [2.24, 2.45) is 0 Å². The Morgan fingerprint density at radius 1 is 0.778 bits per heavy atom. The van der Waals surface area contributed by atoms with Gasteiger partial charge in [-0.2, -0.15) is 0 Å². The van der Waals surface area contributed by atoms with Crippen LogP contribution in [0.2, 0.25) is 0 Å². The van der Waals surface area contributed by atoms with Crippen molar-refractivity contribution in [3.63, 3.8) is 0 Å². The summed E-state index contributed by atoms with van der Waals surface area (Å²) in [7, 11) is 0. The summed E-state index contributed by atoms with van der Waals surface area (Å²) < 4.78 is 14.8. The van der Waals surface area contributed by atoms with Crippen molar-refractivity contribution in [2.75, 3.05) is 31.1 Å². The predicted octanol–water partition coefficient (Wildman–Crippen LogP) is 6.23. The van der Waals surface area contributed by atoms with E-state index in [0.29, 0.717) is 66.3 Å². The topological polar surface area (TPSA) is 82.5 Å². The van der Waals surface area contributed by atoms with Crippen LogP contribution in [0.1, 0.15) is 46.7 Å². The molecule has 0 aliphatic carbocycles. The minimum atomic E-state index is -0.454. The van der Waals surface area contributed by atoms with E-state index in [9.17, 15) is 14.0 Å². The van der Waals surface area contributed by atoms with Crippen LogP contribution in [-0.4, -0.2) is 68.8 Å². The van der Waals surface area contributed by atoms with Crippen molar-refractivity contribution in [1.29, 1.82) is 0 Å². The van der Waals surface area contributed by atoms with Gasteiger partial charge in [0.1, 0.15) is 11.5 Å². The molecule has 0 radical (unpaired) electrons. The summed E-state index contributed by atoms with van der Waals surface area (Å²) in [6.45, 7) is 6.61. The fraction of sp³-hybridized carbons (Fsp3) is 0.250. The molecule has 0 saturated heterocycles. The fourth-order valence-electron chi connectivity index (χ4n) is 5.82. The van der Waals surface area contributed by atoms with Crippen LogP contribution in [0.4, 0.5) is 10.1 Å². The molecule has 1 aliphatic heterocycles. The Labute approximate surface area is 262 Å². The molecular formula is C36H35FN6O2. The molecule has 0 spiro atoms. The molecule has 2 aromatic carbocycles. The number of nitrogens with zero attached hydrogens (tertiary/aromatic N) is 6. The van der Waals surface area contributed by atoms with Gasteiger partial charge in [-0.3, -0.25) is 24.5 Å². The highest BCUT2D eigenvalue weighted by Gasteiger charge is 2.27. The highest BCUT2D eigenvalue weighted by Crippen LogP contribution is 2.29. The number of rotatable bonds is 4. The maximum absolute atomic E-state index is 14.8. The lowest BCUT2D eigenvalue weighted by Gasteiger charge is -2.30. The SMILES string of the molecule is CC(C)N1CCCN(C(=O)c2ccccn2)c2cc(F)ccc2CN(C(=O)c2cc(-c3ccccn3)nc3ccccc23)CC1. The van der Waals surface area contributed by atoms with Crippen molar-refractivity contribution in [2.45, 2.75) is 32.9 Å². The summed E-state index contributed by atoms with van der Waals surface area (Å²) in [6.07, 6.45) is 3.95. The van der Waals surface area contributed by atoms with Gasteiger partial charge in [0.05, 0.1) is 28.2 Å². The number of aromatic nitrogens is 3. The van der Waals surface area contributed by atoms with Gasteiger partial charge in [0.25, 0.3) is 11.8 Å². The van der Waals surface area contributed by atoms with Crippen molar-refractivity contribution in [3.05, 3.63) is 120 Å². The first kappa shape index (κ1) is 30.0. The Bertz CT molecular complexity index is 1820. The van der Waals surface area contributed by atoms with E-state index in [0.717, 1.165) is 5.39 Å². The van der Waals surface area contributed by atoms with Gasteiger partial charge >= 0.3 is 0 Å². The van der Waals surface area contributed by atoms with Gasteiger partial charge in [0, 0.05) is 56.5 Å². The van der Waals surface area contributed by atoms with E-state index in [1.54, 1.807) is 52.5 Å². The number of amides is 2. The lowest BCUT2D eigenvalue weighted by Crippen LogP contribution is -2.41. The molecule has 0 fully saturated rings. The van der Waals surface area contributed by atoms with Gasteiger partial charge in [-0.15, -0.1) is 0 Å². The minimum Gasteiger partial charge on any atom is -0.333 e. The first-order valence-corrected chi connectivity index (χ1v) is 15.2. The smallest absolute Gasteiger partial charge is 0.276 e. The average molecular weight is 603 g/mol. The van der Waals surface area contributed by atoms with E-state index < -0.39 is 5.82 Å². The van der Waals surface area contributed by atoms with E-state index in [2.05, 4.69) is 28.7 Å². The zero-order valence-corrected chi connectivity index (χ0v) is 25.4. The molecule has 0 N–H and O–H groups in total. The molecule has 45 heavy (non-hydrogen) atoms. The normalized spacial score (nSPS) is 14.7. The summed E-state index contributed by atoms with van der Waals surface area (Å²) in [5.41, 5.74) is 3.88. The number of para-hydroxylation sites is 1. The molecule has 8 nitrogen and oxygen atoms in total. The number of hydrogen-bond donors (Lipinski definition) is 0. The van der Waals surface area contributed by atoms with E-state index in [1.807, 2.05) is 42.5 Å².